The molecule has 4 aromatic rings. The number of nitrogens with one attached hydrogen (secondary N) is 1. The van der Waals surface area contributed by atoms with Crippen molar-refractivity contribution in [3.05, 3.63) is 54.6 Å². The van der Waals surface area contributed by atoms with Gasteiger partial charge < -0.3 is 10.1 Å². The Morgan fingerprint density at radius 1 is 1.04 bits per heavy atom. The molecule has 1 N–H and O–H groups in total. The zero-order valence-electron chi connectivity index (χ0n) is 13.4. The number of hydrogen-bond donors (Lipinski definition) is 1. The zero-order valence-corrected chi connectivity index (χ0v) is 15.0. The lowest BCUT2D eigenvalue weighted by Crippen LogP contribution is -1.92. The number of hydrogen-bond acceptors (Lipinski definition) is 5. The molecule has 5 heteroatoms. The van der Waals surface area contributed by atoms with Crippen molar-refractivity contribution in [2.75, 3.05) is 18.7 Å². The highest BCUT2D eigenvalue weighted by molar-refractivity contribution is 7.98. The van der Waals surface area contributed by atoms with E-state index in [1.165, 1.54) is 9.60 Å². The monoisotopic (exact) mass is 352 g/mol. The smallest absolute Gasteiger partial charge is 0.188 e. The molecule has 0 radical (unpaired) electrons. The summed E-state index contributed by atoms with van der Waals surface area (Å²) in [4.78, 5) is 5.96. The number of thiazole rings is 1. The molecule has 0 saturated carbocycles. The maximum absolute atomic E-state index is 5.46. The van der Waals surface area contributed by atoms with E-state index in [0.717, 1.165) is 32.9 Å². The quantitative estimate of drug-likeness (QED) is 0.462. The Balaban J connectivity index is 1.77. The molecule has 0 fully saturated rings. The van der Waals surface area contributed by atoms with Crippen molar-refractivity contribution < 1.29 is 4.74 Å². The summed E-state index contributed by atoms with van der Waals surface area (Å²) in [5.41, 5.74) is 2.06. The number of methoxy groups -OCH3 is 1. The average molecular weight is 352 g/mol. The van der Waals surface area contributed by atoms with Crippen molar-refractivity contribution >= 4 is 54.9 Å². The SMILES string of the molecule is COc1ccc(Nc2nc3ccc(SC)cc3s2)c2ccccc12. The highest BCUT2D eigenvalue weighted by atomic mass is 32.2. The van der Waals surface area contributed by atoms with Crippen LogP contribution in [0.1, 0.15) is 0 Å². The Morgan fingerprint density at radius 2 is 1.88 bits per heavy atom. The summed E-state index contributed by atoms with van der Waals surface area (Å²) in [6.45, 7) is 0. The highest BCUT2D eigenvalue weighted by Crippen LogP contribution is 2.35. The molecule has 0 atom stereocenters. The van der Waals surface area contributed by atoms with Crippen LogP contribution in [0.15, 0.2) is 59.5 Å². The first kappa shape index (κ1) is 15.3. The lowest BCUT2D eigenvalue weighted by atomic mass is 10.1. The third-order valence-electron chi connectivity index (χ3n) is 3.94. The summed E-state index contributed by atoms with van der Waals surface area (Å²) >= 11 is 3.42. The summed E-state index contributed by atoms with van der Waals surface area (Å²) in [5.74, 6) is 0.880. The van der Waals surface area contributed by atoms with Gasteiger partial charge in [-0.1, -0.05) is 35.6 Å². The third-order valence-corrected chi connectivity index (χ3v) is 5.60. The van der Waals surface area contributed by atoms with Crippen LogP contribution in [0.5, 0.6) is 5.75 Å². The largest absolute Gasteiger partial charge is 0.496 e. The van der Waals surface area contributed by atoms with Gasteiger partial charge in [0, 0.05) is 21.4 Å². The number of rotatable bonds is 4. The minimum absolute atomic E-state index is 0.880. The Kier molecular flexibility index (Phi) is 4.04. The lowest BCUT2D eigenvalue weighted by molar-refractivity contribution is 0.420. The van der Waals surface area contributed by atoms with Crippen LogP contribution in [-0.4, -0.2) is 18.3 Å². The summed E-state index contributed by atoms with van der Waals surface area (Å²) in [6, 6.07) is 18.6. The number of anilines is 2. The van der Waals surface area contributed by atoms with Gasteiger partial charge in [-0.2, -0.15) is 0 Å². The van der Waals surface area contributed by atoms with Crippen molar-refractivity contribution in [3.8, 4) is 5.75 Å². The molecule has 0 bridgehead atoms. The van der Waals surface area contributed by atoms with Crippen molar-refractivity contribution in [1.29, 1.82) is 0 Å². The van der Waals surface area contributed by atoms with Crippen LogP contribution in [0.3, 0.4) is 0 Å². The van der Waals surface area contributed by atoms with Gasteiger partial charge in [-0.3, -0.25) is 0 Å². The fourth-order valence-electron chi connectivity index (χ4n) is 2.76. The Bertz CT molecular complexity index is 1030. The van der Waals surface area contributed by atoms with Crippen molar-refractivity contribution in [3.63, 3.8) is 0 Å². The normalized spacial score (nSPS) is 11.1. The molecule has 4 rings (SSSR count). The number of thioether (sulfide) groups is 1. The van der Waals surface area contributed by atoms with Gasteiger partial charge in [0.1, 0.15) is 5.75 Å². The minimum Gasteiger partial charge on any atom is -0.496 e. The van der Waals surface area contributed by atoms with E-state index in [-0.39, 0.29) is 0 Å². The van der Waals surface area contributed by atoms with Crippen LogP contribution in [0.25, 0.3) is 21.0 Å². The molecule has 24 heavy (non-hydrogen) atoms. The van der Waals surface area contributed by atoms with Crippen LogP contribution in [-0.2, 0) is 0 Å². The molecule has 0 aliphatic carbocycles. The molecule has 0 saturated heterocycles. The van der Waals surface area contributed by atoms with Crippen LogP contribution in [0.4, 0.5) is 10.8 Å². The topological polar surface area (TPSA) is 34.1 Å². The third kappa shape index (κ3) is 2.70. The summed E-state index contributed by atoms with van der Waals surface area (Å²) in [7, 11) is 1.70. The second-order valence-corrected chi connectivity index (χ2v) is 7.25. The van der Waals surface area contributed by atoms with E-state index in [1.807, 2.05) is 24.3 Å². The first-order valence-electron chi connectivity index (χ1n) is 7.56. The fraction of sp³-hybridized carbons (Fsp3) is 0.105. The van der Waals surface area contributed by atoms with Gasteiger partial charge in [-0.05, 0) is 36.6 Å². The van der Waals surface area contributed by atoms with E-state index in [2.05, 4.69) is 41.9 Å². The van der Waals surface area contributed by atoms with Gasteiger partial charge in [-0.15, -0.1) is 11.8 Å². The number of aromatic nitrogens is 1. The van der Waals surface area contributed by atoms with E-state index < -0.39 is 0 Å². The van der Waals surface area contributed by atoms with Gasteiger partial charge in [0.05, 0.1) is 17.3 Å². The van der Waals surface area contributed by atoms with E-state index in [9.17, 15) is 0 Å². The Labute approximate surface area is 148 Å². The maximum atomic E-state index is 5.46. The molecular weight excluding hydrogens is 336 g/mol. The predicted molar refractivity (Wildman–Crippen MR) is 105 cm³/mol. The van der Waals surface area contributed by atoms with E-state index in [4.69, 9.17) is 9.72 Å². The standard InChI is InChI=1S/C19H16N2OS2/c1-22-17-10-9-15(13-5-3-4-6-14(13)17)20-19-21-16-8-7-12(23-2)11-18(16)24-19/h3-11H,1-2H3,(H,20,21). The molecular formula is C19H16N2OS2. The van der Waals surface area contributed by atoms with Crippen LogP contribution >= 0.6 is 23.1 Å². The summed E-state index contributed by atoms with van der Waals surface area (Å²) in [5, 5.41) is 6.59. The van der Waals surface area contributed by atoms with Crippen LogP contribution in [0.2, 0.25) is 0 Å². The van der Waals surface area contributed by atoms with E-state index in [0.29, 0.717) is 0 Å². The second-order valence-electron chi connectivity index (χ2n) is 5.34. The molecule has 0 aliphatic rings. The number of ether oxygens (including phenoxy) is 1. The van der Waals surface area contributed by atoms with Crippen LogP contribution < -0.4 is 10.1 Å². The van der Waals surface area contributed by atoms with E-state index in [1.54, 1.807) is 30.2 Å². The number of fused-ring (bicyclic) bond motifs is 2. The summed E-state index contributed by atoms with van der Waals surface area (Å²) < 4.78 is 6.66. The van der Waals surface area contributed by atoms with Crippen molar-refractivity contribution in [2.24, 2.45) is 0 Å². The van der Waals surface area contributed by atoms with Gasteiger partial charge in [0.25, 0.3) is 0 Å². The number of nitrogens with zero attached hydrogens (tertiary/aromatic N) is 1. The molecule has 3 aromatic carbocycles. The molecule has 0 amide bonds. The van der Waals surface area contributed by atoms with Gasteiger partial charge in [-0.25, -0.2) is 4.98 Å². The lowest BCUT2D eigenvalue weighted by Gasteiger charge is -2.10. The Hall–Kier alpha value is -2.24. The molecule has 0 aliphatic heterocycles. The second kappa shape index (κ2) is 6.34. The highest BCUT2D eigenvalue weighted by Gasteiger charge is 2.09. The van der Waals surface area contributed by atoms with Crippen molar-refractivity contribution in [1.82, 2.24) is 4.98 Å². The average Bonchev–Trinajstić information content (AvgIpc) is 3.03. The molecule has 1 heterocycles. The predicted octanol–water partition coefficient (Wildman–Crippen LogP) is 5.92. The minimum atomic E-state index is 0.880. The van der Waals surface area contributed by atoms with Crippen LogP contribution in [0, 0.1) is 0 Å². The summed E-state index contributed by atoms with van der Waals surface area (Å²) in [6.07, 6.45) is 2.09. The Morgan fingerprint density at radius 3 is 2.67 bits per heavy atom. The van der Waals surface area contributed by atoms with Gasteiger partial charge in [0.15, 0.2) is 5.13 Å². The maximum Gasteiger partial charge on any atom is 0.188 e. The van der Waals surface area contributed by atoms with Gasteiger partial charge >= 0.3 is 0 Å². The fourth-order valence-corrected chi connectivity index (χ4v) is 4.19. The zero-order chi connectivity index (χ0) is 16.5. The molecule has 3 nitrogen and oxygen atoms in total. The number of benzene rings is 3. The molecule has 120 valence electrons. The van der Waals surface area contributed by atoms with E-state index >= 15 is 0 Å². The van der Waals surface area contributed by atoms with Crippen molar-refractivity contribution in [2.45, 2.75) is 4.90 Å². The molecule has 0 spiro atoms. The first-order valence-corrected chi connectivity index (χ1v) is 9.60. The first-order chi connectivity index (χ1) is 11.8. The molecule has 0 unspecified atom stereocenters. The van der Waals surface area contributed by atoms with Gasteiger partial charge in [0.2, 0.25) is 0 Å². The molecule has 1 aromatic heterocycles.